The van der Waals surface area contributed by atoms with Crippen molar-refractivity contribution in [1.29, 1.82) is 0 Å². The molecule has 0 radical (unpaired) electrons. The normalized spacial score (nSPS) is 10.7. The molecule has 0 bridgehead atoms. The first-order chi connectivity index (χ1) is 14.1. The van der Waals surface area contributed by atoms with Gasteiger partial charge in [0.15, 0.2) is 0 Å². The summed E-state index contributed by atoms with van der Waals surface area (Å²) in [6.07, 6.45) is 4.23. The van der Waals surface area contributed by atoms with Gasteiger partial charge in [0.1, 0.15) is 0 Å². The molecule has 0 unspecified atom stereocenters. The predicted molar refractivity (Wildman–Crippen MR) is 115 cm³/mol. The molecule has 0 aliphatic rings. The Labute approximate surface area is 174 Å². The minimum atomic E-state index is -0.214. The topological polar surface area (TPSA) is 90.9 Å². The zero-order valence-corrected chi connectivity index (χ0v) is 17.9. The maximum atomic E-state index is 12.6. The smallest absolute Gasteiger partial charge is 0.306 e. The number of aliphatic hydroxyl groups excluding tert-OH is 1. The molecule has 3 N–H and O–H groups in total. The number of aryl methyl sites for hydroxylation is 1. The van der Waals surface area contributed by atoms with Crippen LogP contribution in [0.4, 0.5) is 0 Å². The molecular formula is C22H37N3O4. The van der Waals surface area contributed by atoms with Crippen molar-refractivity contribution >= 4 is 11.9 Å². The van der Waals surface area contributed by atoms with Crippen LogP contribution in [0, 0.1) is 0 Å². The molecule has 1 rings (SSSR count). The van der Waals surface area contributed by atoms with Gasteiger partial charge in [-0.3, -0.25) is 9.59 Å². The van der Waals surface area contributed by atoms with Crippen LogP contribution in [0.1, 0.15) is 48.5 Å². The second-order valence-electron chi connectivity index (χ2n) is 7.02. The third kappa shape index (κ3) is 11.6. The molecule has 0 fully saturated rings. The van der Waals surface area contributed by atoms with Gasteiger partial charge in [0.2, 0.25) is 0 Å². The molecule has 164 valence electrons. The molecule has 1 amide bonds. The third-order valence-electron chi connectivity index (χ3n) is 4.56. The molecule has 0 saturated heterocycles. The van der Waals surface area contributed by atoms with E-state index in [1.807, 2.05) is 31.3 Å². The van der Waals surface area contributed by atoms with E-state index in [1.54, 1.807) is 11.8 Å². The van der Waals surface area contributed by atoms with E-state index in [2.05, 4.69) is 10.6 Å². The SMILES string of the molecule is CCOC(=O)CCc1cccc(C(=O)N(C)CCNCCCCCNCCO)c1. The summed E-state index contributed by atoms with van der Waals surface area (Å²) in [4.78, 5) is 25.8. The number of aliphatic hydroxyl groups is 1. The fraction of sp³-hybridized carbons (Fsp3) is 0.636. The number of nitrogens with one attached hydrogen (secondary N) is 2. The van der Waals surface area contributed by atoms with Crippen molar-refractivity contribution in [3.8, 4) is 0 Å². The summed E-state index contributed by atoms with van der Waals surface area (Å²) >= 11 is 0. The number of esters is 1. The van der Waals surface area contributed by atoms with E-state index in [4.69, 9.17) is 9.84 Å². The zero-order valence-electron chi connectivity index (χ0n) is 17.9. The summed E-state index contributed by atoms with van der Waals surface area (Å²) in [5, 5.41) is 15.2. The number of hydrogen-bond acceptors (Lipinski definition) is 6. The van der Waals surface area contributed by atoms with E-state index >= 15 is 0 Å². The van der Waals surface area contributed by atoms with E-state index < -0.39 is 0 Å². The highest BCUT2D eigenvalue weighted by Gasteiger charge is 2.12. The lowest BCUT2D eigenvalue weighted by Crippen LogP contribution is -2.34. The molecule has 7 nitrogen and oxygen atoms in total. The maximum Gasteiger partial charge on any atom is 0.306 e. The summed E-state index contributed by atoms with van der Waals surface area (Å²) < 4.78 is 4.95. The predicted octanol–water partition coefficient (Wildman–Crippen LogP) is 1.60. The first kappa shape index (κ1) is 25.1. The average molecular weight is 408 g/mol. The minimum Gasteiger partial charge on any atom is -0.466 e. The van der Waals surface area contributed by atoms with E-state index in [-0.39, 0.29) is 18.5 Å². The number of benzene rings is 1. The van der Waals surface area contributed by atoms with Crippen LogP contribution in [0.25, 0.3) is 0 Å². The second-order valence-corrected chi connectivity index (χ2v) is 7.02. The van der Waals surface area contributed by atoms with Gasteiger partial charge in [0, 0.05) is 38.7 Å². The Morgan fingerprint density at radius 1 is 1.07 bits per heavy atom. The summed E-state index contributed by atoms with van der Waals surface area (Å²) in [6.45, 7) is 6.30. The quantitative estimate of drug-likeness (QED) is 0.285. The highest BCUT2D eigenvalue weighted by Crippen LogP contribution is 2.10. The standard InChI is InChI=1S/C22H37N3O4/c1-3-29-21(27)11-10-19-8-7-9-20(18-19)22(28)25(2)16-14-23-12-5-4-6-13-24-15-17-26/h7-9,18,23-24,26H,3-6,10-17H2,1-2H3. The third-order valence-corrected chi connectivity index (χ3v) is 4.56. The van der Waals surface area contributed by atoms with Crippen LogP contribution >= 0.6 is 0 Å². The Bertz CT molecular complexity index is 595. The fourth-order valence-electron chi connectivity index (χ4n) is 2.91. The average Bonchev–Trinajstić information content (AvgIpc) is 2.73. The number of hydrogen-bond donors (Lipinski definition) is 3. The van der Waals surface area contributed by atoms with Crippen LogP contribution < -0.4 is 10.6 Å². The van der Waals surface area contributed by atoms with Crippen LogP contribution in [0.2, 0.25) is 0 Å². The van der Waals surface area contributed by atoms with Gasteiger partial charge in [0.25, 0.3) is 5.91 Å². The van der Waals surface area contributed by atoms with Crippen molar-refractivity contribution in [2.75, 3.05) is 53.0 Å². The van der Waals surface area contributed by atoms with Gasteiger partial charge in [-0.15, -0.1) is 0 Å². The van der Waals surface area contributed by atoms with Crippen molar-refractivity contribution in [3.63, 3.8) is 0 Å². The Kier molecular flexibility index (Phi) is 13.8. The Morgan fingerprint density at radius 2 is 1.79 bits per heavy atom. The lowest BCUT2D eigenvalue weighted by atomic mass is 10.1. The fourth-order valence-corrected chi connectivity index (χ4v) is 2.91. The monoisotopic (exact) mass is 407 g/mol. The molecule has 1 aromatic rings. The molecule has 7 heteroatoms. The number of unbranched alkanes of at least 4 members (excludes halogenated alkanes) is 2. The summed E-state index contributed by atoms with van der Waals surface area (Å²) in [5.74, 6) is -0.228. The van der Waals surface area contributed by atoms with Gasteiger partial charge < -0.3 is 25.4 Å². The Morgan fingerprint density at radius 3 is 2.48 bits per heavy atom. The Hall–Kier alpha value is -1.96. The highest BCUT2D eigenvalue weighted by atomic mass is 16.5. The molecule has 0 atom stereocenters. The van der Waals surface area contributed by atoms with Gasteiger partial charge in [-0.1, -0.05) is 18.6 Å². The van der Waals surface area contributed by atoms with Gasteiger partial charge >= 0.3 is 5.97 Å². The summed E-state index contributed by atoms with van der Waals surface area (Å²) in [6, 6.07) is 7.45. The molecule has 0 aromatic heterocycles. The summed E-state index contributed by atoms with van der Waals surface area (Å²) in [5.41, 5.74) is 1.60. The molecule has 1 aromatic carbocycles. The second kappa shape index (κ2) is 15.9. The number of nitrogens with zero attached hydrogens (tertiary/aromatic N) is 1. The van der Waals surface area contributed by atoms with E-state index in [9.17, 15) is 9.59 Å². The molecule has 0 saturated carbocycles. The van der Waals surface area contributed by atoms with Crippen molar-refractivity contribution in [2.45, 2.75) is 39.0 Å². The first-order valence-electron chi connectivity index (χ1n) is 10.6. The number of carbonyl (C=O) groups is 2. The van der Waals surface area contributed by atoms with Crippen LogP contribution in [-0.4, -0.2) is 74.9 Å². The number of ether oxygens (including phenoxy) is 1. The molecule has 0 spiro atoms. The lowest BCUT2D eigenvalue weighted by molar-refractivity contribution is -0.143. The number of rotatable bonds is 16. The van der Waals surface area contributed by atoms with Gasteiger partial charge in [-0.05, 0) is 57.0 Å². The van der Waals surface area contributed by atoms with Gasteiger partial charge in [-0.25, -0.2) is 0 Å². The maximum absolute atomic E-state index is 12.6. The van der Waals surface area contributed by atoms with Crippen LogP contribution in [0.3, 0.4) is 0 Å². The van der Waals surface area contributed by atoms with E-state index in [0.29, 0.717) is 38.1 Å². The zero-order chi connectivity index (χ0) is 21.3. The molecule has 0 aliphatic heterocycles. The lowest BCUT2D eigenvalue weighted by Gasteiger charge is -2.18. The van der Waals surface area contributed by atoms with Crippen molar-refractivity contribution in [3.05, 3.63) is 35.4 Å². The highest BCUT2D eigenvalue weighted by molar-refractivity contribution is 5.94. The van der Waals surface area contributed by atoms with Gasteiger partial charge in [-0.2, -0.15) is 0 Å². The van der Waals surface area contributed by atoms with Crippen LogP contribution in [0.15, 0.2) is 24.3 Å². The molecular weight excluding hydrogens is 370 g/mol. The Balaban J connectivity index is 2.24. The summed E-state index contributed by atoms with van der Waals surface area (Å²) in [7, 11) is 1.81. The van der Waals surface area contributed by atoms with Crippen LogP contribution in [-0.2, 0) is 16.0 Å². The van der Waals surface area contributed by atoms with Crippen molar-refractivity contribution < 1.29 is 19.4 Å². The van der Waals surface area contributed by atoms with E-state index in [0.717, 1.165) is 44.5 Å². The number of amides is 1. The molecule has 29 heavy (non-hydrogen) atoms. The molecule has 0 heterocycles. The van der Waals surface area contributed by atoms with Crippen LogP contribution in [0.5, 0.6) is 0 Å². The number of likely N-dealkylation sites (N-methyl/N-ethyl adjacent to an activating group) is 1. The number of carbonyl (C=O) groups excluding carboxylic acids is 2. The van der Waals surface area contributed by atoms with Gasteiger partial charge in [0.05, 0.1) is 13.2 Å². The van der Waals surface area contributed by atoms with Crippen molar-refractivity contribution in [2.24, 2.45) is 0 Å². The molecule has 0 aliphatic carbocycles. The van der Waals surface area contributed by atoms with E-state index in [1.165, 1.54) is 0 Å². The largest absolute Gasteiger partial charge is 0.466 e. The minimum absolute atomic E-state index is 0.0141. The van der Waals surface area contributed by atoms with Crippen molar-refractivity contribution in [1.82, 2.24) is 15.5 Å². The first-order valence-corrected chi connectivity index (χ1v) is 10.6.